The summed E-state index contributed by atoms with van der Waals surface area (Å²) in [7, 11) is -3.49. The molecule has 0 atom stereocenters. The van der Waals surface area contributed by atoms with Crippen molar-refractivity contribution in [1.29, 1.82) is 0 Å². The van der Waals surface area contributed by atoms with Crippen LogP contribution in [0.1, 0.15) is 17.1 Å². The average molecular weight is 560 g/mol. The lowest BCUT2D eigenvalue weighted by Crippen LogP contribution is -2.33. The summed E-state index contributed by atoms with van der Waals surface area (Å²) in [6, 6.07) is 16.8. The number of hydrazine groups is 1. The van der Waals surface area contributed by atoms with Gasteiger partial charge in [-0.2, -0.15) is 13.2 Å². The second kappa shape index (κ2) is 10.5. The van der Waals surface area contributed by atoms with Gasteiger partial charge in [0.05, 0.1) is 22.0 Å². The lowest BCUT2D eigenvalue weighted by Gasteiger charge is -2.26. The van der Waals surface area contributed by atoms with E-state index < -0.39 is 27.5 Å². The number of imidazole rings is 1. The number of anilines is 1. The Morgan fingerprint density at radius 2 is 1.72 bits per heavy atom. The molecule has 1 aromatic heterocycles. The average Bonchev–Trinajstić information content (AvgIpc) is 3.29. The fourth-order valence-electron chi connectivity index (χ4n) is 4.05. The zero-order valence-electron chi connectivity index (χ0n) is 20.9. The first-order valence-corrected chi connectivity index (χ1v) is 13.4. The van der Waals surface area contributed by atoms with Crippen molar-refractivity contribution in [3.05, 3.63) is 108 Å². The van der Waals surface area contributed by atoms with Crippen LogP contribution in [0.25, 0.3) is 16.8 Å². The molecule has 0 amide bonds. The van der Waals surface area contributed by atoms with Crippen LogP contribution in [0, 0.1) is 12.7 Å². The SMILES string of the molecule is Cc1nc(C(F)(F)F)cn1-c1ccc(-c2cccc(S(C)(=O)=O)c2)cc1N(N)/C(=C\N)Cc1ccc(F)cc1. The summed E-state index contributed by atoms with van der Waals surface area (Å²) in [4.78, 5) is 3.76. The molecule has 3 aromatic carbocycles. The zero-order valence-corrected chi connectivity index (χ0v) is 21.8. The summed E-state index contributed by atoms with van der Waals surface area (Å²) in [5, 5.41) is 1.23. The lowest BCUT2D eigenvalue weighted by molar-refractivity contribution is -0.141. The van der Waals surface area contributed by atoms with Gasteiger partial charge in [-0.1, -0.05) is 30.3 Å². The van der Waals surface area contributed by atoms with Gasteiger partial charge in [-0.05, 0) is 60.0 Å². The summed E-state index contributed by atoms with van der Waals surface area (Å²) in [6.45, 7) is 1.43. The van der Waals surface area contributed by atoms with Gasteiger partial charge in [-0.25, -0.2) is 23.6 Å². The highest BCUT2D eigenvalue weighted by molar-refractivity contribution is 7.90. The molecular formula is C27H25F4N5O2S. The first kappa shape index (κ1) is 27.9. The zero-order chi connectivity index (χ0) is 28.5. The van der Waals surface area contributed by atoms with E-state index in [9.17, 15) is 26.0 Å². The van der Waals surface area contributed by atoms with Crippen LogP contribution in [0.15, 0.2) is 89.7 Å². The van der Waals surface area contributed by atoms with E-state index in [1.807, 2.05) is 0 Å². The molecule has 204 valence electrons. The molecule has 0 aliphatic rings. The summed E-state index contributed by atoms with van der Waals surface area (Å²) < 4.78 is 79.1. The van der Waals surface area contributed by atoms with Crippen LogP contribution in [-0.2, 0) is 22.4 Å². The van der Waals surface area contributed by atoms with Gasteiger partial charge in [-0.3, -0.25) is 5.01 Å². The highest BCUT2D eigenvalue weighted by Crippen LogP contribution is 2.35. The number of hydrogen-bond donors (Lipinski definition) is 2. The van der Waals surface area contributed by atoms with Gasteiger partial charge in [0.15, 0.2) is 15.5 Å². The van der Waals surface area contributed by atoms with Crippen molar-refractivity contribution in [1.82, 2.24) is 9.55 Å². The van der Waals surface area contributed by atoms with E-state index >= 15 is 0 Å². The minimum Gasteiger partial charge on any atom is -0.403 e. The van der Waals surface area contributed by atoms with Gasteiger partial charge in [0.25, 0.3) is 0 Å². The third-order valence-corrected chi connectivity index (χ3v) is 7.17. The summed E-state index contributed by atoms with van der Waals surface area (Å²) in [6.07, 6.45) is -1.24. The molecule has 1 heterocycles. The van der Waals surface area contributed by atoms with Crippen LogP contribution in [0.3, 0.4) is 0 Å². The molecule has 0 aliphatic heterocycles. The van der Waals surface area contributed by atoms with E-state index in [2.05, 4.69) is 4.98 Å². The number of rotatable bonds is 7. The number of nitrogens with zero attached hydrogens (tertiary/aromatic N) is 3. The summed E-state index contributed by atoms with van der Waals surface area (Å²) in [5.41, 5.74) is 7.55. The Kier molecular flexibility index (Phi) is 7.53. The van der Waals surface area contributed by atoms with Crippen molar-refractivity contribution in [2.45, 2.75) is 24.4 Å². The van der Waals surface area contributed by atoms with Gasteiger partial charge in [0.1, 0.15) is 11.6 Å². The van der Waals surface area contributed by atoms with Gasteiger partial charge in [-0.15, -0.1) is 0 Å². The lowest BCUT2D eigenvalue weighted by atomic mass is 10.0. The van der Waals surface area contributed by atoms with Crippen molar-refractivity contribution in [3.8, 4) is 16.8 Å². The number of benzene rings is 3. The van der Waals surface area contributed by atoms with E-state index in [4.69, 9.17) is 11.6 Å². The molecule has 4 aromatic rings. The molecule has 12 heteroatoms. The first-order valence-electron chi connectivity index (χ1n) is 11.6. The maximum Gasteiger partial charge on any atom is 0.434 e. The molecule has 7 nitrogen and oxygen atoms in total. The molecule has 4 rings (SSSR count). The number of aryl methyl sites for hydroxylation is 1. The number of hydrogen-bond acceptors (Lipinski definition) is 6. The van der Waals surface area contributed by atoms with Crippen molar-refractivity contribution >= 4 is 15.5 Å². The molecule has 0 bridgehead atoms. The molecular weight excluding hydrogens is 534 g/mol. The van der Waals surface area contributed by atoms with E-state index in [1.54, 1.807) is 42.5 Å². The highest BCUT2D eigenvalue weighted by atomic mass is 32.2. The standard InChI is InChI=1S/C27H25F4N5O2S/c1-17-34-26(27(29,30)31)16-35(17)24-11-8-20(19-4-3-5-23(13-19)39(2,37)38)14-25(24)36(33)22(15-32)12-18-6-9-21(28)10-7-18/h3-11,13-16H,12,32-33H2,1-2H3/b22-15-. The minimum absolute atomic E-state index is 0.0700. The first-order chi connectivity index (χ1) is 18.3. The molecule has 0 saturated carbocycles. The third-order valence-electron chi connectivity index (χ3n) is 6.06. The predicted octanol–water partition coefficient (Wildman–Crippen LogP) is 5.13. The van der Waals surface area contributed by atoms with E-state index in [0.717, 1.165) is 12.5 Å². The van der Waals surface area contributed by atoms with E-state index in [-0.39, 0.29) is 28.5 Å². The van der Waals surface area contributed by atoms with Crippen molar-refractivity contribution in [2.24, 2.45) is 11.6 Å². The number of alkyl halides is 3. The second-order valence-corrected chi connectivity index (χ2v) is 10.9. The fraction of sp³-hybridized carbons (Fsp3) is 0.148. The van der Waals surface area contributed by atoms with Crippen LogP contribution in [0.2, 0.25) is 0 Å². The quantitative estimate of drug-likeness (QED) is 0.185. The molecule has 4 N–H and O–H groups in total. The Labute approximate surface area is 222 Å². The van der Waals surface area contributed by atoms with E-state index in [0.29, 0.717) is 22.4 Å². The van der Waals surface area contributed by atoms with Crippen LogP contribution in [-0.4, -0.2) is 24.2 Å². The van der Waals surface area contributed by atoms with Gasteiger partial charge in [0, 0.05) is 25.1 Å². The second-order valence-electron chi connectivity index (χ2n) is 8.88. The van der Waals surface area contributed by atoms with Gasteiger partial charge in [0.2, 0.25) is 0 Å². The largest absolute Gasteiger partial charge is 0.434 e. The maximum atomic E-state index is 13.4. The minimum atomic E-state index is -4.66. The normalized spacial score (nSPS) is 12.5. The summed E-state index contributed by atoms with van der Waals surface area (Å²) in [5.74, 6) is 6.17. The van der Waals surface area contributed by atoms with Crippen LogP contribution in [0.4, 0.5) is 23.2 Å². The Balaban J connectivity index is 1.86. The smallest absolute Gasteiger partial charge is 0.403 e. The topological polar surface area (TPSA) is 107 Å². The summed E-state index contributed by atoms with van der Waals surface area (Å²) >= 11 is 0. The maximum absolute atomic E-state index is 13.4. The Morgan fingerprint density at radius 3 is 2.31 bits per heavy atom. The molecule has 0 fully saturated rings. The molecule has 39 heavy (non-hydrogen) atoms. The van der Waals surface area contributed by atoms with Crippen LogP contribution < -0.4 is 16.6 Å². The van der Waals surface area contributed by atoms with Crippen molar-refractivity contribution < 1.29 is 26.0 Å². The molecule has 0 saturated heterocycles. The van der Waals surface area contributed by atoms with Crippen LogP contribution >= 0.6 is 0 Å². The number of allylic oxidation sites excluding steroid dienone is 1. The molecule has 0 aliphatic carbocycles. The molecule has 0 unspecified atom stereocenters. The van der Waals surface area contributed by atoms with Crippen molar-refractivity contribution in [3.63, 3.8) is 0 Å². The van der Waals surface area contributed by atoms with Crippen molar-refractivity contribution in [2.75, 3.05) is 11.3 Å². The predicted molar refractivity (Wildman–Crippen MR) is 141 cm³/mol. The molecule has 0 spiro atoms. The number of aromatic nitrogens is 2. The third kappa shape index (κ3) is 6.13. The number of halogens is 4. The molecule has 0 radical (unpaired) electrons. The van der Waals surface area contributed by atoms with Gasteiger partial charge < -0.3 is 10.3 Å². The monoisotopic (exact) mass is 559 g/mol. The number of nitrogens with two attached hydrogens (primary N) is 2. The van der Waals surface area contributed by atoms with Gasteiger partial charge >= 0.3 is 6.18 Å². The number of sulfone groups is 1. The Bertz CT molecular complexity index is 1650. The Hall–Kier alpha value is -4.16. The van der Waals surface area contributed by atoms with Crippen LogP contribution in [0.5, 0.6) is 0 Å². The fourth-order valence-corrected chi connectivity index (χ4v) is 4.72. The highest BCUT2D eigenvalue weighted by Gasteiger charge is 2.34. The van der Waals surface area contributed by atoms with E-state index in [1.165, 1.54) is 47.0 Å². The Morgan fingerprint density at radius 1 is 1.05 bits per heavy atom.